The third-order valence-electron chi connectivity index (χ3n) is 6.64. The second-order valence-electron chi connectivity index (χ2n) is 9.35. The molecule has 5 aromatic rings. The molecule has 2 aromatic heterocycles. The fourth-order valence-electron chi connectivity index (χ4n) is 4.55. The summed E-state index contributed by atoms with van der Waals surface area (Å²) < 4.78 is 7.31. The summed E-state index contributed by atoms with van der Waals surface area (Å²) >= 11 is 12.6. The standard InChI is InChI=1S/C30H26Cl2N4O4/c1-17(18-3-5-19(6-4-18)30(39)33-10-9-29(37)38)36-28(16-26(35-36)20-11-22(31)15-23(32)12-20)27-14-21-13-24(40-2)7-8-25(21)34-27/h3-8,11-17,34H,9-10H2,1-2H3,(H,33,39)(H,37,38)/t17-/m0/s1. The van der Waals surface area contributed by atoms with Gasteiger partial charge in [-0.15, -0.1) is 0 Å². The van der Waals surface area contributed by atoms with Crippen molar-refractivity contribution < 1.29 is 19.4 Å². The molecule has 0 aliphatic rings. The van der Waals surface area contributed by atoms with Crippen molar-refractivity contribution >= 4 is 46.0 Å². The van der Waals surface area contributed by atoms with Crippen molar-refractivity contribution in [3.8, 4) is 28.4 Å². The largest absolute Gasteiger partial charge is 0.497 e. The molecule has 10 heteroatoms. The fourth-order valence-corrected chi connectivity index (χ4v) is 5.07. The van der Waals surface area contributed by atoms with Gasteiger partial charge in [-0.25, -0.2) is 0 Å². The van der Waals surface area contributed by atoms with Crippen LogP contribution in [0.25, 0.3) is 33.5 Å². The second kappa shape index (κ2) is 11.5. The first kappa shape index (κ1) is 27.3. The first-order valence-corrected chi connectivity index (χ1v) is 13.3. The highest BCUT2D eigenvalue weighted by molar-refractivity contribution is 6.35. The van der Waals surface area contributed by atoms with E-state index in [1.54, 1.807) is 25.3 Å². The van der Waals surface area contributed by atoms with Crippen molar-refractivity contribution in [3.63, 3.8) is 0 Å². The Morgan fingerprint density at radius 3 is 2.42 bits per heavy atom. The number of H-pyrrole nitrogens is 1. The van der Waals surface area contributed by atoms with E-state index in [0.29, 0.717) is 21.3 Å². The summed E-state index contributed by atoms with van der Waals surface area (Å²) in [7, 11) is 1.64. The van der Waals surface area contributed by atoms with Crippen LogP contribution in [0.1, 0.15) is 35.3 Å². The number of nitrogens with zero attached hydrogens (tertiary/aromatic N) is 2. The van der Waals surface area contributed by atoms with E-state index in [9.17, 15) is 9.59 Å². The Balaban J connectivity index is 1.52. The summed E-state index contributed by atoms with van der Waals surface area (Å²) in [5.41, 5.74) is 5.55. The Labute approximate surface area is 240 Å². The minimum atomic E-state index is -0.965. The molecule has 2 heterocycles. The zero-order chi connectivity index (χ0) is 28.4. The third-order valence-corrected chi connectivity index (χ3v) is 7.08. The van der Waals surface area contributed by atoms with E-state index in [-0.39, 0.29) is 24.9 Å². The predicted octanol–water partition coefficient (Wildman–Crippen LogP) is 6.83. The van der Waals surface area contributed by atoms with Crippen LogP contribution in [0.3, 0.4) is 0 Å². The molecule has 0 saturated carbocycles. The number of carboxylic acid groups (broad SMARTS) is 1. The van der Waals surface area contributed by atoms with E-state index in [2.05, 4.69) is 16.4 Å². The molecule has 3 N–H and O–H groups in total. The Hall–Kier alpha value is -4.27. The minimum absolute atomic E-state index is 0.0651. The average Bonchev–Trinajstić information content (AvgIpc) is 3.56. The van der Waals surface area contributed by atoms with Gasteiger partial charge in [-0.1, -0.05) is 35.3 Å². The molecule has 0 radical (unpaired) electrons. The molecule has 1 amide bonds. The summed E-state index contributed by atoms with van der Waals surface area (Å²) in [6.07, 6.45) is -0.135. The number of ether oxygens (including phenoxy) is 1. The molecule has 40 heavy (non-hydrogen) atoms. The number of nitrogens with one attached hydrogen (secondary N) is 2. The topological polar surface area (TPSA) is 109 Å². The summed E-state index contributed by atoms with van der Waals surface area (Å²) in [6.45, 7) is 2.09. The summed E-state index contributed by atoms with van der Waals surface area (Å²) in [5, 5.41) is 18.4. The second-order valence-corrected chi connectivity index (χ2v) is 10.2. The van der Waals surface area contributed by atoms with Crippen molar-refractivity contribution in [1.29, 1.82) is 0 Å². The van der Waals surface area contributed by atoms with Gasteiger partial charge in [0.2, 0.25) is 0 Å². The van der Waals surface area contributed by atoms with Crippen LogP contribution >= 0.6 is 23.2 Å². The van der Waals surface area contributed by atoms with Gasteiger partial charge in [0.25, 0.3) is 5.91 Å². The number of amides is 1. The van der Waals surface area contributed by atoms with Crippen molar-refractivity contribution in [2.75, 3.05) is 13.7 Å². The van der Waals surface area contributed by atoms with E-state index < -0.39 is 5.97 Å². The lowest BCUT2D eigenvalue weighted by Gasteiger charge is -2.16. The van der Waals surface area contributed by atoms with Gasteiger partial charge >= 0.3 is 5.97 Å². The van der Waals surface area contributed by atoms with Gasteiger partial charge in [-0.05, 0) is 73.2 Å². The minimum Gasteiger partial charge on any atom is -0.497 e. The van der Waals surface area contributed by atoms with Gasteiger partial charge in [0.1, 0.15) is 5.75 Å². The van der Waals surface area contributed by atoms with Crippen molar-refractivity contribution in [3.05, 3.63) is 94.0 Å². The van der Waals surface area contributed by atoms with Crippen LogP contribution in [0.2, 0.25) is 10.0 Å². The molecule has 0 aliphatic heterocycles. The van der Waals surface area contributed by atoms with Crippen molar-refractivity contribution in [2.24, 2.45) is 0 Å². The van der Waals surface area contributed by atoms with Crippen molar-refractivity contribution in [1.82, 2.24) is 20.1 Å². The Kier molecular flexibility index (Phi) is 7.82. The average molecular weight is 577 g/mol. The van der Waals surface area contributed by atoms with Crippen LogP contribution in [-0.4, -0.2) is 45.4 Å². The zero-order valence-electron chi connectivity index (χ0n) is 21.7. The van der Waals surface area contributed by atoms with Gasteiger partial charge in [-0.3, -0.25) is 14.3 Å². The molecule has 8 nitrogen and oxygen atoms in total. The number of aromatic nitrogens is 3. The smallest absolute Gasteiger partial charge is 0.305 e. The molecule has 204 valence electrons. The highest BCUT2D eigenvalue weighted by Crippen LogP contribution is 2.34. The van der Waals surface area contributed by atoms with Gasteiger partial charge in [-0.2, -0.15) is 5.10 Å². The van der Waals surface area contributed by atoms with E-state index in [0.717, 1.165) is 39.2 Å². The maximum Gasteiger partial charge on any atom is 0.305 e. The molecule has 3 aromatic carbocycles. The lowest BCUT2D eigenvalue weighted by molar-refractivity contribution is -0.136. The number of aliphatic carboxylic acids is 1. The number of aromatic amines is 1. The third kappa shape index (κ3) is 5.83. The molecule has 0 fully saturated rings. The molecule has 1 atom stereocenters. The number of fused-ring (bicyclic) bond motifs is 1. The van der Waals surface area contributed by atoms with E-state index in [4.69, 9.17) is 38.1 Å². The van der Waals surface area contributed by atoms with Crippen LogP contribution in [0.5, 0.6) is 5.75 Å². The van der Waals surface area contributed by atoms with Crippen molar-refractivity contribution in [2.45, 2.75) is 19.4 Å². The van der Waals surface area contributed by atoms with Crippen LogP contribution in [-0.2, 0) is 4.79 Å². The molecule has 0 unspecified atom stereocenters. The number of rotatable bonds is 9. The number of carbonyl (C=O) groups excluding carboxylic acids is 1. The number of methoxy groups -OCH3 is 1. The fraction of sp³-hybridized carbons (Fsp3) is 0.167. The van der Waals surface area contributed by atoms with E-state index in [1.165, 1.54) is 0 Å². The predicted molar refractivity (Wildman–Crippen MR) is 156 cm³/mol. The molecule has 0 saturated heterocycles. The lowest BCUT2D eigenvalue weighted by Crippen LogP contribution is -2.26. The number of carboxylic acids is 1. The summed E-state index contributed by atoms with van der Waals surface area (Å²) in [5.74, 6) is -0.525. The first-order valence-electron chi connectivity index (χ1n) is 12.5. The van der Waals surface area contributed by atoms with Crippen LogP contribution in [0.4, 0.5) is 0 Å². The molecule has 0 spiro atoms. The van der Waals surface area contributed by atoms with Gasteiger partial charge in [0, 0.05) is 38.6 Å². The van der Waals surface area contributed by atoms with Gasteiger partial charge in [0.05, 0.1) is 36.7 Å². The quantitative estimate of drug-likeness (QED) is 0.178. The number of benzene rings is 3. The molecular formula is C30H26Cl2N4O4. The normalized spacial score (nSPS) is 11.9. The molecule has 0 bridgehead atoms. The summed E-state index contributed by atoms with van der Waals surface area (Å²) in [4.78, 5) is 26.6. The van der Waals surface area contributed by atoms with E-state index >= 15 is 0 Å². The van der Waals surface area contributed by atoms with E-state index in [1.807, 2.05) is 60.1 Å². The maximum atomic E-state index is 12.4. The lowest BCUT2D eigenvalue weighted by atomic mass is 10.1. The Bertz CT molecular complexity index is 1690. The van der Waals surface area contributed by atoms with Crippen LogP contribution < -0.4 is 10.1 Å². The maximum absolute atomic E-state index is 12.4. The summed E-state index contributed by atoms with van der Waals surface area (Å²) in [6, 6.07) is 22.2. The Morgan fingerprint density at radius 2 is 1.75 bits per heavy atom. The van der Waals surface area contributed by atoms with Gasteiger partial charge in [0.15, 0.2) is 0 Å². The number of hydrogen-bond acceptors (Lipinski definition) is 4. The number of carbonyl (C=O) groups is 2. The monoisotopic (exact) mass is 576 g/mol. The number of hydrogen-bond donors (Lipinski definition) is 3. The SMILES string of the molecule is COc1ccc2[nH]c(-c3cc(-c4cc(Cl)cc(Cl)c4)nn3[C@@H](C)c3ccc(C(=O)NCCC(=O)O)cc3)cc2c1. The highest BCUT2D eigenvalue weighted by atomic mass is 35.5. The molecular weight excluding hydrogens is 551 g/mol. The Morgan fingerprint density at radius 1 is 1.02 bits per heavy atom. The van der Waals surface area contributed by atoms with Crippen LogP contribution in [0.15, 0.2) is 72.8 Å². The zero-order valence-corrected chi connectivity index (χ0v) is 23.3. The molecule has 5 rings (SSSR count). The van der Waals surface area contributed by atoms with Gasteiger partial charge < -0.3 is 20.1 Å². The molecule has 0 aliphatic carbocycles. The van der Waals surface area contributed by atoms with Crippen LogP contribution in [0, 0.1) is 0 Å². The number of halogens is 2. The highest BCUT2D eigenvalue weighted by Gasteiger charge is 2.20. The first-order chi connectivity index (χ1) is 19.2.